The van der Waals surface area contributed by atoms with Gasteiger partial charge in [-0.2, -0.15) is 0 Å². The SMILES string of the molecule is COC(=O)c1ccccc1SCC(=O)Nc1ccccc1SCC(=O)Nc1ccsc1C(=O)OC. The lowest BCUT2D eigenvalue weighted by Crippen LogP contribution is -2.17. The zero-order valence-corrected chi connectivity index (χ0v) is 21.3. The first kappa shape index (κ1) is 26.3. The molecule has 2 aromatic carbocycles. The van der Waals surface area contributed by atoms with Crippen molar-refractivity contribution < 1.29 is 28.7 Å². The van der Waals surface area contributed by atoms with E-state index < -0.39 is 11.9 Å². The van der Waals surface area contributed by atoms with E-state index in [1.165, 1.54) is 49.1 Å². The molecule has 0 saturated carbocycles. The molecule has 0 aliphatic rings. The lowest BCUT2D eigenvalue weighted by Gasteiger charge is -2.12. The summed E-state index contributed by atoms with van der Waals surface area (Å²) < 4.78 is 9.51. The Bertz CT molecular complexity index is 1230. The highest BCUT2D eigenvalue weighted by Gasteiger charge is 2.17. The van der Waals surface area contributed by atoms with Crippen LogP contribution in [0.5, 0.6) is 0 Å². The maximum atomic E-state index is 12.6. The van der Waals surface area contributed by atoms with Gasteiger partial charge in [0, 0.05) is 9.79 Å². The predicted molar refractivity (Wildman–Crippen MR) is 139 cm³/mol. The molecule has 8 nitrogen and oxygen atoms in total. The molecular weight excluding hydrogens is 508 g/mol. The van der Waals surface area contributed by atoms with Gasteiger partial charge in [-0.1, -0.05) is 24.3 Å². The van der Waals surface area contributed by atoms with Gasteiger partial charge in [0.1, 0.15) is 4.88 Å². The van der Waals surface area contributed by atoms with Crippen molar-refractivity contribution in [2.45, 2.75) is 9.79 Å². The highest BCUT2D eigenvalue weighted by Crippen LogP contribution is 2.29. The van der Waals surface area contributed by atoms with Crippen LogP contribution in [0.4, 0.5) is 11.4 Å². The Morgan fingerprint density at radius 2 is 1.31 bits per heavy atom. The summed E-state index contributed by atoms with van der Waals surface area (Å²) in [7, 11) is 2.59. The average molecular weight is 531 g/mol. The van der Waals surface area contributed by atoms with Gasteiger partial charge in [0.2, 0.25) is 11.8 Å². The van der Waals surface area contributed by atoms with E-state index in [4.69, 9.17) is 9.47 Å². The van der Waals surface area contributed by atoms with Crippen LogP contribution in [0, 0.1) is 0 Å². The molecule has 0 atom stereocenters. The summed E-state index contributed by atoms with van der Waals surface area (Å²) in [5.74, 6) is -1.37. The van der Waals surface area contributed by atoms with Crippen molar-refractivity contribution in [1.29, 1.82) is 0 Å². The van der Waals surface area contributed by atoms with Crippen molar-refractivity contribution in [3.05, 3.63) is 70.4 Å². The lowest BCUT2D eigenvalue weighted by atomic mass is 10.2. The monoisotopic (exact) mass is 530 g/mol. The molecule has 182 valence electrons. The molecule has 0 bridgehead atoms. The number of ether oxygens (including phenoxy) is 2. The molecule has 1 heterocycles. The number of hydrogen-bond donors (Lipinski definition) is 2. The van der Waals surface area contributed by atoms with Crippen LogP contribution in [0.1, 0.15) is 20.0 Å². The molecule has 0 spiro atoms. The maximum absolute atomic E-state index is 12.6. The van der Waals surface area contributed by atoms with E-state index >= 15 is 0 Å². The number of anilines is 2. The second-order valence-corrected chi connectivity index (χ2v) is 9.76. The summed E-state index contributed by atoms with van der Waals surface area (Å²) >= 11 is 3.67. The van der Waals surface area contributed by atoms with Crippen LogP contribution in [-0.2, 0) is 19.1 Å². The van der Waals surface area contributed by atoms with Crippen LogP contribution >= 0.6 is 34.9 Å². The Labute approximate surface area is 214 Å². The summed E-state index contributed by atoms with van der Waals surface area (Å²) in [6, 6.07) is 15.7. The van der Waals surface area contributed by atoms with Crippen LogP contribution < -0.4 is 10.6 Å². The van der Waals surface area contributed by atoms with Crippen LogP contribution in [0.25, 0.3) is 0 Å². The molecule has 3 rings (SSSR count). The van der Waals surface area contributed by atoms with E-state index in [2.05, 4.69) is 10.6 Å². The molecule has 0 unspecified atom stereocenters. The molecule has 2 N–H and O–H groups in total. The minimum Gasteiger partial charge on any atom is -0.465 e. The molecule has 0 saturated heterocycles. The molecule has 0 aliphatic heterocycles. The number of methoxy groups -OCH3 is 2. The van der Waals surface area contributed by atoms with Gasteiger partial charge in [-0.25, -0.2) is 9.59 Å². The van der Waals surface area contributed by atoms with Crippen molar-refractivity contribution >= 4 is 70.0 Å². The van der Waals surface area contributed by atoms with Gasteiger partial charge < -0.3 is 20.1 Å². The zero-order chi connectivity index (χ0) is 25.2. The third-order valence-electron chi connectivity index (χ3n) is 4.48. The summed E-state index contributed by atoms with van der Waals surface area (Å²) in [5.41, 5.74) is 1.37. The lowest BCUT2D eigenvalue weighted by molar-refractivity contribution is -0.114. The van der Waals surface area contributed by atoms with Crippen molar-refractivity contribution in [1.82, 2.24) is 0 Å². The number of thioether (sulfide) groups is 2. The number of thiophene rings is 1. The minimum absolute atomic E-state index is 0.0740. The van der Waals surface area contributed by atoms with E-state index in [0.29, 0.717) is 26.7 Å². The van der Waals surface area contributed by atoms with Gasteiger partial charge >= 0.3 is 11.9 Å². The van der Waals surface area contributed by atoms with E-state index in [1.54, 1.807) is 53.9 Å². The number of nitrogens with one attached hydrogen (secondary N) is 2. The Balaban J connectivity index is 1.57. The number of hydrogen-bond acceptors (Lipinski definition) is 9. The Morgan fingerprint density at radius 1 is 0.743 bits per heavy atom. The normalized spacial score (nSPS) is 10.3. The molecule has 11 heteroatoms. The smallest absolute Gasteiger partial charge is 0.350 e. The summed E-state index contributed by atoms with van der Waals surface area (Å²) in [6.07, 6.45) is 0. The Hall–Kier alpha value is -3.28. The third-order valence-corrected chi connectivity index (χ3v) is 7.52. The summed E-state index contributed by atoms with van der Waals surface area (Å²) in [6.45, 7) is 0. The fourth-order valence-corrected chi connectivity index (χ4v) is 5.30. The minimum atomic E-state index is -0.511. The number of benzene rings is 2. The summed E-state index contributed by atoms with van der Waals surface area (Å²) in [5, 5.41) is 7.27. The van der Waals surface area contributed by atoms with Gasteiger partial charge in [0.05, 0.1) is 42.7 Å². The first-order valence-corrected chi connectivity index (χ1v) is 13.1. The van der Waals surface area contributed by atoms with E-state index in [9.17, 15) is 19.2 Å². The summed E-state index contributed by atoms with van der Waals surface area (Å²) in [4.78, 5) is 50.4. The second kappa shape index (κ2) is 13.0. The van der Waals surface area contributed by atoms with Crippen molar-refractivity contribution in [3.8, 4) is 0 Å². The molecule has 2 amide bonds. The average Bonchev–Trinajstić information content (AvgIpc) is 3.34. The van der Waals surface area contributed by atoms with Crippen molar-refractivity contribution in [3.63, 3.8) is 0 Å². The van der Waals surface area contributed by atoms with Crippen molar-refractivity contribution in [2.75, 3.05) is 36.4 Å². The number of carbonyl (C=O) groups excluding carboxylic acids is 4. The van der Waals surface area contributed by atoms with Crippen LogP contribution in [0.15, 0.2) is 69.8 Å². The predicted octanol–water partition coefficient (Wildman–Crippen LogP) is 4.78. The van der Waals surface area contributed by atoms with Crippen LogP contribution in [0.3, 0.4) is 0 Å². The van der Waals surface area contributed by atoms with E-state index in [0.717, 1.165) is 4.90 Å². The van der Waals surface area contributed by atoms with Crippen LogP contribution in [0.2, 0.25) is 0 Å². The quantitative estimate of drug-likeness (QED) is 0.285. The molecule has 3 aromatic rings. The topological polar surface area (TPSA) is 111 Å². The van der Waals surface area contributed by atoms with Gasteiger partial charge in [0.15, 0.2) is 0 Å². The molecule has 0 radical (unpaired) electrons. The van der Waals surface area contributed by atoms with Gasteiger partial charge in [0.25, 0.3) is 0 Å². The molecule has 35 heavy (non-hydrogen) atoms. The fraction of sp³-hybridized carbons (Fsp3) is 0.167. The van der Waals surface area contributed by atoms with E-state index in [-0.39, 0.29) is 23.3 Å². The highest BCUT2D eigenvalue weighted by molar-refractivity contribution is 8.00. The number of rotatable bonds is 10. The number of para-hydroxylation sites is 1. The Morgan fingerprint density at radius 3 is 2.00 bits per heavy atom. The molecule has 0 fully saturated rings. The number of esters is 2. The second-order valence-electron chi connectivity index (χ2n) is 6.81. The standard InChI is InChI=1S/C24H22N2O6S3/c1-31-23(29)15-7-3-5-9-18(15)34-13-20(27)25-16-8-4-6-10-19(16)35-14-21(28)26-17-11-12-33-22(17)24(30)32-2/h3-12H,13-14H2,1-2H3,(H,25,27)(H,26,28). The fourth-order valence-electron chi connectivity index (χ4n) is 2.88. The first-order chi connectivity index (χ1) is 16.9. The third kappa shape index (κ3) is 7.35. The van der Waals surface area contributed by atoms with E-state index in [1.807, 2.05) is 6.07 Å². The van der Waals surface area contributed by atoms with Gasteiger partial charge in [-0.3, -0.25) is 9.59 Å². The Kier molecular flexibility index (Phi) is 9.76. The molecular formula is C24H22N2O6S3. The van der Waals surface area contributed by atoms with Crippen LogP contribution in [-0.4, -0.2) is 49.5 Å². The number of carbonyl (C=O) groups is 4. The van der Waals surface area contributed by atoms with Gasteiger partial charge in [-0.15, -0.1) is 34.9 Å². The molecule has 1 aromatic heterocycles. The largest absolute Gasteiger partial charge is 0.465 e. The number of amides is 2. The van der Waals surface area contributed by atoms with Crippen molar-refractivity contribution in [2.24, 2.45) is 0 Å². The molecule has 0 aliphatic carbocycles. The maximum Gasteiger partial charge on any atom is 0.350 e. The zero-order valence-electron chi connectivity index (χ0n) is 18.9. The highest BCUT2D eigenvalue weighted by atomic mass is 32.2. The first-order valence-electron chi connectivity index (χ1n) is 10.2. The van der Waals surface area contributed by atoms with Gasteiger partial charge in [-0.05, 0) is 35.7 Å².